The van der Waals surface area contributed by atoms with Crippen molar-refractivity contribution in [3.63, 3.8) is 0 Å². The molecule has 1 rings (SSSR count). The van der Waals surface area contributed by atoms with E-state index in [1.165, 1.54) is 19.1 Å². The molecule has 1 N–H and O–H groups in total. The van der Waals surface area contributed by atoms with Gasteiger partial charge in [-0.1, -0.05) is 22.9 Å². The first-order valence-electron chi connectivity index (χ1n) is 5.89. The van der Waals surface area contributed by atoms with E-state index in [2.05, 4.69) is 21.2 Å². The molecule has 1 aromatic carbocycles. The van der Waals surface area contributed by atoms with Gasteiger partial charge in [-0.05, 0) is 31.5 Å². The second-order valence-corrected chi connectivity index (χ2v) is 4.88. The Bertz CT molecular complexity index is 479. The van der Waals surface area contributed by atoms with Gasteiger partial charge >= 0.3 is 5.97 Å². The Kier molecular flexibility index (Phi) is 5.95. The van der Waals surface area contributed by atoms with Crippen molar-refractivity contribution in [3.05, 3.63) is 34.1 Å². The van der Waals surface area contributed by atoms with E-state index in [-0.39, 0.29) is 5.56 Å². The number of nitrogens with one attached hydrogen (secondary N) is 1. The van der Waals surface area contributed by atoms with Crippen LogP contribution < -0.4 is 5.32 Å². The zero-order chi connectivity index (χ0) is 14.4. The largest absolute Gasteiger partial charge is 0.449 e. The summed E-state index contributed by atoms with van der Waals surface area (Å²) in [5, 5.41) is 2.60. The Balaban J connectivity index is 2.68. The molecule has 1 amide bonds. The fourth-order valence-corrected chi connectivity index (χ4v) is 1.68. The van der Waals surface area contributed by atoms with Crippen molar-refractivity contribution in [2.45, 2.75) is 26.4 Å². The van der Waals surface area contributed by atoms with Crippen LogP contribution in [0.25, 0.3) is 0 Å². The van der Waals surface area contributed by atoms with Gasteiger partial charge < -0.3 is 10.1 Å². The number of hydrogen-bond acceptors (Lipinski definition) is 3. The van der Waals surface area contributed by atoms with Crippen molar-refractivity contribution in [3.8, 4) is 0 Å². The summed E-state index contributed by atoms with van der Waals surface area (Å²) in [7, 11) is 0. The molecule has 0 saturated heterocycles. The zero-order valence-electron chi connectivity index (χ0n) is 10.7. The molecule has 0 saturated carbocycles. The lowest BCUT2D eigenvalue weighted by molar-refractivity contribution is -0.129. The Morgan fingerprint density at radius 3 is 2.79 bits per heavy atom. The minimum atomic E-state index is -0.961. The minimum Gasteiger partial charge on any atom is -0.449 e. The van der Waals surface area contributed by atoms with Crippen LogP contribution in [0.4, 0.5) is 4.39 Å². The third-order valence-electron chi connectivity index (χ3n) is 2.35. The summed E-state index contributed by atoms with van der Waals surface area (Å²) in [4.78, 5) is 23.3. The van der Waals surface area contributed by atoms with E-state index in [1.54, 1.807) is 0 Å². The van der Waals surface area contributed by atoms with Crippen LogP contribution >= 0.6 is 15.9 Å². The minimum absolute atomic E-state index is 0.204. The number of ether oxygens (including phenoxy) is 1. The summed E-state index contributed by atoms with van der Waals surface area (Å²) in [5.74, 6) is -1.95. The number of amides is 1. The first-order chi connectivity index (χ1) is 8.95. The number of halogens is 2. The lowest BCUT2D eigenvalue weighted by Gasteiger charge is -2.13. The van der Waals surface area contributed by atoms with Crippen molar-refractivity contribution < 1.29 is 18.7 Å². The van der Waals surface area contributed by atoms with Gasteiger partial charge in [0.1, 0.15) is 5.82 Å². The molecule has 1 aromatic rings. The standard InChI is InChI=1S/C13H15BrFNO3/c1-3-6-16-12(17)8(2)19-13(18)10-7-9(14)4-5-11(10)15/h4-5,7-8H,3,6H2,1-2H3,(H,16,17)/t8-/m1/s1. The van der Waals surface area contributed by atoms with Gasteiger partial charge in [-0.2, -0.15) is 0 Å². The van der Waals surface area contributed by atoms with Gasteiger partial charge in [0.2, 0.25) is 0 Å². The zero-order valence-corrected chi connectivity index (χ0v) is 12.3. The van der Waals surface area contributed by atoms with Crippen LogP contribution in [0.3, 0.4) is 0 Å². The second-order valence-electron chi connectivity index (χ2n) is 3.96. The highest BCUT2D eigenvalue weighted by atomic mass is 79.9. The summed E-state index contributed by atoms with van der Waals surface area (Å²) >= 11 is 3.14. The Morgan fingerprint density at radius 1 is 1.47 bits per heavy atom. The van der Waals surface area contributed by atoms with Crippen LogP contribution in [0.1, 0.15) is 30.6 Å². The first-order valence-corrected chi connectivity index (χ1v) is 6.68. The van der Waals surface area contributed by atoms with Gasteiger partial charge in [-0.3, -0.25) is 4.79 Å². The lowest BCUT2D eigenvalue weighted by Crippen LogP contribution is -2.36. The molecule has 6 heteroatoms. The van der Waals surface area contributed by atoms with Crippen molar-refractivity contribution in [2.75, 3.05) is 6.54 Å². The maximum atomic E-state index is 13.5. The average Bonchev–Trinajstić information content (AvgIpc) is 2.38. The molecule has 0 aromatic heterocycles. The molecule has 0 aliphatic rings. The molecular weight excluding hydrogens is 317 g/mol. The van der Waals surface area contributed by atoms with Gasteiger partial charge in [0.15, 0.2) is 6.10 Å². The molecule has 1 atom stereocenters. The van der Waals surface area contributed by atoms with Crippen molar-refractivity contribution >= 4 is 27.8 Å². The highest BCUT2D eigenvalue weighted by Gasteiger charge is 2.20. The van der Waals surface area contributed by atoms with Crippen LogP contribution in [0.2, 0.25) is 0 Å². The third-order valence-corrected chi connectivity index (χ3v) is 2.84. The van der Waals surface area contributed by atoms with Crippen LogP contribution in [-0.4, -0.2) is 24.5 Å². The average molecular weight is 332 g/mol. The summed E-state index contributed by atoms with van der Waals surface area (Å²) in [6.45, 7) is 3.86. The number of benzene rings is 1. The number of rotatable bonds is 5. The van der Waals surface area contributed by atoms with Gasteiger partial charge in [-0.15, -0.1) is 0 Å². The molecule has 19 heavy (non-hydrogen) atoms. The normalized spacial score (nSPS) is 11.8. The maximum Gasteiger partial charge on any atom is 0.341 e. The fourth-order valence-electron chi connectivity index (χ4n) is 1.32. The summed E-state index contributed by atoms with van der Waals surface area (Å²) in [6, 6.07) is 3.94. The van der Waals surface area contributed by atoms with E-state index in [0.717, 1.165) is 12.5 Å². The topological polar surface area (TPSA) is 55.4 Å². The van der Waals surface area contributed by atoms with E-state index < -0.39 is 23.8 Å². The second kappa shape index (κ2) is 7.23. The molecule has 4 nitrogen and oxygen atoms in total. The summed E-state index contributed by atoms with van der Waals surface area (Å²) < 4.78 is 18.9. The van der Waals surface area contributed by atoms with Gasteiger partial charge in [-0.25, -0.2) is 9.18 Å². The molecule has 0 radical (unpaired) electrons. The van der Waals surface area contributed by atoms with E-state index >= 15 is 0 Å². The van der Waals surface area contributed by atoms with Crippen LogP contribution in [0.5, 0.6) is 0 Å². The smallest absolute Gasteiger partial charge is 0.341 e. The molecule has 0 heterocycles. The quantitative estimate of drug-likeness (QED) is 0.844. The number of esters is 1. The number of carbonyl (C=O) groups is 2. The summed E-state index contributed by atoms with van der Waals surface area (Å²) in [5.41, 5.74) is -0.204. The van der Waals surface area contributed by atoms with Crippen molar-refractivity contribution in [2.24, 2.45) is 0 Å². The monoisotopic (exact) mass is 331 g/mol. The van der Waals surface area contributed by atoms with Crippen molar-refractivity contribution in [1.82, 2.24) is 5.32 Å². The molecule has 0 unspecified atom stereocenters. The molecule has 0 aliphatic carbocycles. The fraction of sp³-hybridized carbons (Fsp3) is 0.385. The van der Waals surface area contributed by atoms with Gasteiger partial charge in [0.25, 0.3) is 5.91 Å². The number of hydrogen-bond donors (Lipinski definition) is 1. The predicted molar refractivity (Wildman–Crippen MR) is 72.3 cm³/mol. The molecular formula is C13H15BrFNO3. The Hall–Kier alpha value is -1.43. The summed E-state index contributed by atoms with van der Waals surface area (Å²) in [6.07, 6.45) is -0.176. The highest BCUT2D eigenvalue weighted by molar-refractivity contribution is 9.10. The van der Waals surface area contributed by atoms with Crippen LogP contribution in [-0.2, 0) is 9.53 Å². The van der Waals surface area contributed by atoms with E-state index in [0.29, 0.717) is 11.0 Å². The maximum absolute atomic E-state index is 13.5. The lowest BCUT2D eigenvalue weighted by atomic mass is 10.2. The van der Waals surface area contributed by atoms with Crippen LogP contribution in [0.15, 0.2) is 22.7 Å². The SMILES string of the molecule is CCCNC(=O)[C@@H](C)OC(=O)c1cc(Br)ccc1F. The Labute approximate surface area is 119 Å². The highest BCUT2D eigenvalue weighted by Crippen LogP contribution is 2.17. The van der Waals surface area contributed by atoms with Crippen molar-refractivity contribution in [1.29, 1.82) is 0 Å². The van der Waals surface area contributed by atoms with E-state index in [4.69, 9.17) is 4.74 Å². The predicted octanol–water partition coefficient (Wildman–Crippen LogP) is 2.66. The third kappa shape index (κ3) is 4.63. The van der Waals surface area contributed by atoms with E-state index in [9.17, 15) is 14.0 Å². The van der Waals surface area contributed by atoms with E-state index in [1.807, 2.05) is 6.92 Å². The van der Waals surface area contributed by atoms with Crippen LogP contribution in [0, 0.1) is 5.82 Å². The van der Waals surface area contributed by atoms with Gasteiger partial charge in [0.05, 0.1) is 5.56 Å². The number of carbonyl (C=O) groups excluding carboxylic acids is 2. The Morgan fingerprint density at radius 2 is 2.16 bits per heavy atom. The first kappa shape index (κ1) is 15.6. The molecule has 0 aliphatic heterocycles. The molecule has 104 valence electrons. The van der Waals surface area contributed by atoms with Gasteiger partial charge in [0, 0.05) is 11.0 Å². The molecule has 0 spiro atoms. The molecule has 0 fully saturated rings. The molecule has 0 bridgehead atoms.